The van der Waals surface area contributed by atoms with Gasteiger partial charge in [-0.1, -0.05) is 11.6 Å². The molecule has 35 heavy (non-hydrogen) atoms. The fourth-order valence-corrected chi connectivity index (χ4v) is 3.69. The number of halogens is 1. The molecule has 184 valence electrons. The Kier molecular flexibility index (Phi) is 8.49. The van der Waals surface area contributed by atoms with Crippen LogP contribution in [0.1, 0.15) is 44.0 Å². The van der Waals surface area contributed by atoms with Crippen LogP contribution in [0.15, 0.2) is 53.8 Å². The predicted octanol–water partition coefficient (Wildman–Crippen LogP) is 3.73. The topological polar surface area (TPSA) is 132 Å². The van der Waals surface area contributed by atoms with Crippen LogP contribution in [0.5, 0.6) is 0 Å². The van der Waals surface area contributed by atoms with Crippen LogP contribution in [-0.4, -0.2) is 52.2 Å². The summed E-state index contributed by atoms with van der Waals surface area (Å²) in [6.07, 6.45) is 4.95. The molecule has 2 heterocycles. The minimum atomic E-state index is -0.881. The second-order valence-corrected chi connectivity index (χ2v) is 9.33. The van der Waals surface area contributed by atoms with Gasteiger partial charge in [0.1, 0.15) is 11.8 Å². The first kappa shape index (κ1) is 25.8. The molecule has 1 aromatic carbocycles. The summed E-state index contributed by atoms with van der Waals surface area (Å²) in [5, 5.41) is 18.1. The van der Waals surface area contributed by atoms with E-state index in [1.54, 1.807) is 74.5 Å². The van der Waals surface area contributed by atoms with E-state index in [1.807, 2.05) is 6.19 Å². The fraction of sp³-hybridized carbons (Fsp3) is 0.375. The summed E-state index contributed by atoms with van der Waals surface area (Å²) in [7, 11) is 0. The van der Waals surface area contributed by atoms with Gasteiger partial charge in [0.2, 0.25) is 5.96 Å². The fourth-order valence-electron chi connectivity index (χ4n) is 3.56. The molecule has 1 fully saturated rings. The maximum atomic E-state index is 13.1. The lowest BCUT2D eigenvalue weighted by atomic mass is 10.1. The maximum Gasteiger partial charge on any atom is 0.410 e. The summed E-state index contributed by atoms with van der Waals surface area (Å²) in [5.74, 6) is -0.304. The van der Waals surface area contributed by atoms with Gasteiger partial charge in [-0.15, -0.1) is 0 Å². The number of amides is 2. The molecule has 1 saturated heterocycles. The van der Waals surface area contributed by atoms with Crippen LogP contribution in [0.2, 0.25) is 5.02 Å². The Morgan fingerprint density at radius 3 is 2.66 bits per heavy atom. The molecule has 1 aromatic heterocycles. The van der Waals surface area contributed by atoms with E-state index >= 15 is 0 Å². The maximum absolute atomic E-state index is 13.1. The largest absolute Gasteiger partial charge is 0.444 e. The number of aliphatic imine (C=N–C) groups is 1. The summed E-state index contributed by atoms with van der Waals surface area (Å²) >= 11 is 5.95. The Balaban J connectivity index is 1.92. The van der Waals surface area contributed by atoms with Crippen molar-refractivity contribution in [2.45, 2.75) is 51.4 Å². The van der Waals surface area contributed by atoms with Crippen molar-refractivity contribution in [2.75, 3.05) is 11.9 Å². The van der Waals surface area contributed by atoms with Crippen molar-refractivity contribution in [3.8, 4) is 6.19 Å². The summed E-state index contributed by atoms with van der Waals surface area (Å²) < 4.78 is 5.57. The molecule has 3 rings (SSSR count). The zero-order chi connectivity index (χ0) is 25.4. The van der Waals surface area contributed by atoms with E-state index in [-0.39, 0.29) is 5.96 Å². The lowest BCUT2D eigenvalue weighted by Gasteiger charge is -2.32. The molecule has 0 saturated carbocycles. The molecule has 11 heteroatoms. The third-order valence-corrected chi connectivity index (χ3v) is 5.30. The van der Waals surface area contributed by atoms with E-state index in [1.165, 1.54) is 0 Å². The van der Waals surface area contributed by atoms with Crippen LogP contribution in [0.25, 0.3) is 0 Å². The summed E-state index contributed by atoms with van der Waals surface area (Å²) in [4.78, 5) is 36.2. The molecular formula is C24H28ClN7O3. The Labute approximate surface area is 209 Å². The standard InChI is InChI=1S/C24H28ClN7O3/c1-24(2,3)35-23(34)32-13-5-7-19(32)20(30-21(33)16-8-10-17(25)11-9-16)31-22(28-15-26)29-18-6-4-12-27-14-18/h4,6,8-12,14,19-20H,5,7,13H2,1-3H3,(H,30,33)(H2,28,29,31)/t19-,20+/m1/s1. The van der Waals surface area contributed by atoms with Crippen molar-refractivity contribution in [3.63, 3.8) is 0 Å². The SMILES string of the molecule is CC(C)(C)OC(=O)N1CCC[C@@H]1[C@H](N=C(NC#N)Nc1cccnc1)NC(=O)c1ccc(Cl)cc1. The second kappa shape index (κ2) is 11.5. The van der Waals surface area contributed by atoms with Crippen LogP contribution in [0.4, 0.5) is 10.5 Å². The van der Waals surface area contributed by atoms with Crippen LogP contribution >= 0.6 is 11.6 Å². The minimum Gasteiger partial charge on any atom is -0.444 e. The Bertz CT molecular complexity index is 1090. The number of carbonyl (C=O) groups excluding carboxylic acids is 2. The number of hydrogen-bond acceptors (Lipinski definition) is 6. The van der Waals surface area contributed by atoms with E-state index in [2.05, 4.69) is 25.9 Å². The summed E-state index contributed by atoms with van der Waals surface area (Å²) in [6, 6.07) is 9.42. The molecule has 1 aliphatic heterocycles. The van der Waals surface area contributed by atoms with Crippen molar-refractivity contribution in [3.05, 3.63) is 59.4 Å². The van der Waals surface area contributed by atoms with Crippen molar-refractivity contribution in [2.24, 2.45) is 4.99 Å². The van der Waals surface area contributed by atoms with Gasteiger partial charge in [-0.2, -0.15) is 5.26 Å². The summed E-state index contributed by atoms with van der Waals surface area (Å²) in [5.41, 5.74) is 0.295. The van der Waals surface area contributed by atoms with Gasteiger partial charge in [0.15, 0.2) is 6.19 Å². The van der Waals surface area contributed by atoms with Crippen molar-refractivity contribution < 1.29 is 14.3 Å². The van der Waals surface area contributed by atoms with E-state index < -0.39 is 29.8 Å². The number of anilines is 1. The number of nitrogens with zero attached hydrogens (tertiary/aromatic N) is 4. The number of aromatic nitrogens is 1. The zero-order valence-corrected chi connectivity index (χ0v) is 20.5. The molecule has 2 atom stereocenters. The molecule has 0 bridgehead atoms. The highest BCUT2D eigenvalue weighted by molar-refractivity contribution is 6.30. The monoisotopic (exact) mass is 497 g/mol. The normalized spacial score (nSPS) is 16.7. The van der Waals surface area contributed by atoms with Crippen molar-refractivity contribution in [1.29, 1.82) is 5.26 Å². The van der Waals surface area contributed by atoms with Gasteiger partial charge in [-0.25, -0.2) is 9.79 Å². The van der Waals surface area contributed by atoms with Crippen LogP contribution in [0.3, 0.4) is 0 Å². The Morgan fingerprint density at radius 1 is 1.29 bits per heavy atom. The van der Waals surface area contributed by atoms with Crippen LogP contribution in [-0.2, 0) is 4.74 Å². The van der Waals surface area contributed by atoms with Crippen molar-refractivity contribution in [1.82, 2.24) is 20.5 Å². The Hall–Kier alpha value is -3.84. The molecule has 1 aliphatic rings. The number of nitrogens with one attached hydrogen (secondary N) is 3. The lowest BCUT2D eigenvalue weighted by molar-refractivity contribution is 0.0196. The Morgan fingerprint density at radius 2 is 2.03 bits per heavy atom. The third-order valence-electron chi connectivity index (χ3n) is 5.04. The number of pyridine rings is 1. The number of rotatable bonds is 5. The highest BCUT2D eigenvalue weighted by atomic mass is 35.5. The quantitative estimate of drug-likeness (QED) is 0.248. The first-order valence-corrected chi connectivity index (χ1v) is 11.5. The van der Waals surface area contributed by atoms with Gasteiger partial charge in [-0.3, -0.25) is 15.1 Å². The highest BCUT2D eigenvalue weighted by Gasteiger charge is 2.38. The van der Waals surface area contributed by atoms with E-state index in [0.29, 0.717) is 35.7 Å². The first-order valence-electron chi connectivity index (χ1n) is 11.1. The third kappa shape index (κ3) is 7.58. The number of benzene rings is 1. The van der Waals surface area contributed by atoms with Gasteiger partial charge in [0, 0.05) is 23.3 Å². The first-order chi connectivity index (χ1) is 16.7. The molecular weight excluding hydrogens is 470 g/mol. The number of likely N-dealkylation sites (tertiary alicyclic amines) is 1. The molecule has 0 aliphatic carbocycles. The molecule has 0 unspecified atom stereocenters. The number of ether oxygens (including phenoxy) is 1. The van der Waals surface area contributed by atoms with Crippen molar-refractivity contribution >= 4 is 35.2 Å². The smallest absolute Gasteiger partial charge is 0.410 e. The lowest BCUT2D eigenvalue weighted by Crippen LogP contribution is -2.52. The van der Waals surface area contributed by atoms with Gasteiger partial charge in [0.05, 0.1) is 17.9 Å². The molecule has 2 aromatic rings. The van der Waals surface area contributed by atoms with Crippen LogP contribution < -0.4 is 16.0 Å². The molecule has 0 radical (unpaired) electrons. The van der Waals surface area contributed by atoms with Gasteiger partial charge >= 0.3 is 6.09 Å². The van der Waals surface area contributed by atoms with E-state index in [0.717, 1.165) is 0 Å². The summed E-state index contributed by atoms with van der Waals surface area (Å²) in [6.45, 7) is 5.83. The molecule has 0 spiro atoms. The average Bonchev–Trinajstić information content (AvgIpc) is 3.29. The van der Waals surface area contributed by atoms with Gasteiger partial charge in [-0.05, 0) is 70.0 Å². The predicted molar refractivity (Wildman–Crippen MR) is 133 cm³/mol. The van der Waals surface area contributed by atoms with Gasteiger partial charge in [0.25, 0.3) is 5.91 Å². The average molecular weight is 498 g/mol. The number of hydrogen-bond donors (Lipinski definition) is 3. The highest BCUT2D eigenvalue weighted by Crippen LogP contribution is 2.24. The van der Waals surface area contributed by atoms with E-state index in [4.69, 9.17) is 16.3 Å². The molecule has 3 N–H and O–H groups in total. The second-order valence-electron chi connectivity index (χ2n) is 8.89. The molecule has 10 nitrogen and oxygen atoms in total. The molecule has 2 amide bonds. The van der Waals surface area contributed by atoms with E-state index in [9.17, 15) is 14.9 Å². The zero-order valence-electron chi connectivity index (χ0n) is 19.8. The number of carbonyl (C=O) groups is 2. The van der Waals surface area contributed by atoms with Crippen LogP contribution in [0, 0.1) is 11.5 Å². The minimum absolute atomic E-state index is 0.0953. The number of nitriles is 1. The van der Waals surface area contributed by atoms with Gasteiger partial charge < -0.3 is 20.3 Å². The number of guanidine groups is 1.